The number of carbonyl (C=O) groups is 5. The number of likely N-dealkylation sites (tertiary alicyclic amines) is 1. The quantitative estimate of drug-likeness (QED) is 0.0413. The molecule has 3 fully saturated rings. The van der Waals surface area contributed by atoms with Gasteiger partial charge in [-0.2, -0.15) is 0 Å². The molecule has 22 nitrogen and oxygen atoms in total. The number of amides is 5. The summed E-state index contributed by atoms with van der Waals surface area (Å²) in [4.78, 5) is 68.4. The molecule has 5 aliphatic heterocycles. The number of nitrogens with one attached hydrogen (secondary N) is 2. The molecule has 0 saturated carbocycles. The fraction of sp³-hybridized carbons (Fsp3) is 0.605. The van der Waals surface area contributed by atoms with Gasteiger partial charge >= 0.3 is 0 Å². The van der Waals surface area contributed by atoms with Gasteiger partial charge in [-0.25, -0.2) is 25.2 Å². The minimum absolute atomic E-state index is 0.0361. The number of anilines is 2. The summed E-state index contributed by atoms with van der Waals surface area (Å²) in [6.45, 7) is 1.20. The van der Waals surface area contributed by atoms with Gasteiger partial charge in [0.2, 0.25) is 17.7 Å². The monoisotopic (exact) mass is 1040 g/mol. The molecule has 0 radical (unpaired) electrons. The van der Waals surface area contributed by atoms with Crippen molar-refractivity contribution in [2.45, 2.75) is 94.0 Å². The van der Waals surface area contributed by atoms with Crippen LogP contribution >= 0.6 is 18.9 Å². The van der Waals surface area contributed by atoms with E-state index in [0.29, 0.717) is 81.3 Å². The van der Waals surface area contributed by atoms with Crippen molar-refractivity contribution >= 4 is 81.8 Å². The van der Waals surface area contributed by atoms with E-state index in [-0.39, 0.29) is 109 Å². The van der Waals surface area contributed by atoms with Crippen LogP contribution in [0, 0.1) is 0 Å². The molecule has 5 amide bonds. The molecule has 2 aromatic carbocycles. The van der Waals surface area contributed by atoms with E-state index in [1.165, 1.54) is 43.0 Å². The number of ether oxygens (including phenoxy) is 4. The molecule has 0 aromatic heterocycles. The van der Waals surface area contributed by atoms with Gasteiger partial charge in [-0.1, -0.05) is 0 Å². The third kappa shape index (κ3) is 12.6. The third-order valence-corrected chi connectivity index (χ3v) is 18.3. The molecule has 26 heteroatoms. The van der Waals surface area contributed by atoms with Crippen molar-refractivity contribution in [1.82, 2.24) is 14.7 Å². The number of hydrogen-bond donors (Lipinski definition) is 5. The Morgan fingerprint density at radius 1 is 0.739 bits per heavy atom. The van der Waals surface area contributed by atoms with Crippen molar-refractivity contribution in [3.8, 4) is 23.0 Å². The predicted molar refractivity (Wildman–Crippen MR) is 255 cm³/mol. The van der Waals surface area contributed by atoms with Gasteiger partial charge in [0.15, 0.2) is 35.5 Å². The fourth-order valence-corrected chi connectivity index (χ4v) is 14.5. The lowest BCUT2D eigenvalue weighted by molar-refractivity contribution is -0.138. The Bertz CT molecular complexity index is 2350. The summed E-state index contributed by atoms with van der Waals surface area (Å²) in [6.07, 6.45) is 2.89. The zero-order valence-corrected chi connectivity index (χ0v) is 41.8. The van der Waals surface area contributed by atoms with E-state index in [0.717, 1.165) is 0 Å². The summed E-state index contributed by atoms with van der Waals surface area (Å²) >= 11 is 1.33. The van der Waals surface area contributed by atoms with Gasteiger partial charge in [0.05, 0.1) is 74.4 Å². The number of benzene rings is 2. The maximum absolute atomic E-state index is 14.8. The van der Waals surface area contributed by atoms with E-state index in [2.05, 4.69) is 10.6 Å². The zero-order chi connectivity index (χ0) is 49.4. The standard InChI is InChI=1S/C43H59N6O16PS3/c1-60-32-21-26-28(45-39(64-68(56)57)30-9-3-12-47(30)41(26)52)23-34(32)62-15-6-17-66(55,19-8-20-67-36-25-38(51)49(43(36)54)14-5-11-37(44)50)18-7-16-63-35-24-29-27(22-33(35)61-2)42(53)48-13-4-10-31(48)40(46-29)65-69(58)59/h21-24,30-31,36,39-40,45-46,68-69H,3-20,25H2,1-2H3,(H2,44,50)/t30-,31-,36?,39?,40?,66?/m0/s1. The maximum atomic E-state index is 14.8. The van der Waals surface area contributed by atoms with Crippen LogP contribution in [0.25, 0.3) is 0 Å². The molecule has 0 spiro atoms. The lowest BCUT2D eigenvalue weighted by Gasteiger charge is -2.27. The van der Waals surface area contributed by atoms with Crippen molar-refractivity contribution in [3.05, 3.63) is 35.4 Å². The second-order valence-electron chi connectivity index (χ2n) is 17.3. The topological polar surface area (TPSA) is 286 Å². The maximum Gasteiger partial charge on any atom is 0.259 e. The first-order chi connectivity index (χ1) is 33.1. The SMILES string of the molecule is COc1cc2c(cc1OCCCP(=O)(CCCOc1cc3c(cc1OC)C(=O)N1CCC[C@H]1C(O[SH](=O)=O)N3)CCCSC1CC(=O)N(CCCC(N)=O)C1=O)NC(O[SH](=O)=O)[C@@H]1CCCN1C2=O. The molecular formula is C43H59N6O16PS3. The smallest absolute Gasteiger partial charge is 0.259 e. The van der Waals surface area contributed by atoms with Crippen LogP contribution in [0.3, 0.4) is 0 Å². The minimum Gasteiger partial charge on any atom is -0.493 e. The van der Waals surface area contributed by atoms with Crippen molar-refractivity contribution in [1.29, 1.82) is 0 Å². The average molecular weight is 1040 g/mol. The summed E-state index contributed by atoms with van der Waals surface area (Å²) < 4.78 is 95.3. The normalized spacial score (nSPS) is 22.8. The second kappa shape index (κ2) is 23.4. The van der Waals surface area contributed by atoms with E-state index in [9.17, 15) is 45.4 Å². The number of methoxy groups -OCH3 is 2. The van der Waals surface area contributed by atoms with E-state index in [1.807, 2.05) is 0 Å². The molecule has 3 unspecified atom stereocenters. The Kier molecular flexibility index (Phi) is 17.6. The lowest BCUT2D eigenvalue weighted by atomic mass is 10.1. The molecule has 0 bridgehead atoms. The molecule has 5 heterocycles. The lowest BCUT2D eigenvalue weighted by Crippen LogP contribution is -2.44. The Morgan fingerprint density at radius 3 is 1.70 bits per heavy atom. The molecular weight excluding hydrogens is 984 g/mol. The highest BCUT2D eigenvalue weighted by Gasteiger charge is 2.43. The predicted octanol–water partition coefficient (Wildman–Crippen LogP) is 2.62. The van der Waals surface area contributed by atoms with Crippen LogP contribution in [0.15, 0.2) is 24.3 Å². The molecule has 7 rings (SSSR count). The summed E-state index contributed by atoms with van der Waals surface area (Å²) in [5, 5.41) is 5.56. The van der Waals surface area contributed by atoms with Gasteiger partial charge in [-0.05, 0) is 69.3 Å². The van der Waals surface area contributed by atoms with Gasteiger partial charge in [0.1, 0.15) is 0 Å². The van der Waals surface area contributed by atoms with Crippen LogP contribution in [0.5, 0.6) is 23.0 Å². The van der Waals surface area contributed by atoms with Crippen molar-refractivity contribution < 1.29 is 72.7 Å². The van der Waals surface area contributed by atoms with E-state index in [4.69, 9.17) is 33.0 Å². The van der Waals surface area contributed by atoms with Gasteiger partial charge in [0.25, 0.3) is 33.8 Å². The average Bonchev–Trinajstić information content (AvgIpc) is 4.04. The van der Waals surface area contributed by atoms with E-state index in [1.54, 1.807) is 21.9 Å². The van der Waals surface area contributed by atoms with Gasteiger partial charge < -0.3 is 49.7 Å². The van der Waals surface area contributed by atoms with Crippen molar-refractivity contribution in [3.63, 3.8) is 0 Å². The van der Waals surface area contributed by atoms with Crippen LogP contribution in [0.4, 0.5) is 11.4 Å². The summed E-state index contributed by atoms with van der Waals surface area (Å²) in [6, 6.07) is 5.21. The van der Waals surface area contributed by atoms with Gasteiger partial charge in [-0.3, -0.25) is 28.9 Å². The number of thiol groups is 2. The Hall–Kier alpha value is -4.81. The number of nitrogens with two attached hydrogens (primary N) is 1. The summed E-state index contributed by atoms with van der Waals surface area (Å²) in [7, 11) is -6.56. The number of primary amides is 1. The molecule has 4 N–H and O–H groups in total. The first-order valence-corrected chi connectivity index (χ1v) is 28.4. The highest BCUT2D eigenvalue weighted by atomic mass is 32.2. The largest absolute Gasteiger partial charge is 0.493 e. The van der Waals surface area contributed by atoms with Crippen LogP contribution in [-0.2, 0) is 49.3 Å². The molecule has 2 aromatic rings. The number of rotatable bonds is 25. The molecule has 380 valence electrons. The minimum atomic E-state index is -3.23. The van der Waals surface area contributed by atoms with Crippen LogP contribution in [0.2, 0.25) is 0 Å². The van der Waals surface area contributed by atoms with Crippen molar-refractivity contribution in [2.75, 3.05) is 81.9 Å². The second-order valence-corrected chi connectivity index (χ2v) is 23.4. The number of nitrogens with zero attached hydrogens (tertiary/aromatic N) is 3. The number of fused-ring (bicyclic) bond motifs is 4. The number of hydrogen-bond acceptors (Lipinski definition) is 19. The van der Waals surface area contributed by atoms with E-state index < -0.39 is 64.8 Å². The number of imide groups is 1. The summed E-state index contributed by atoms with van der Waals surface area (Å²) in [5.74, 6) is -0.192. The van der Waals surface area contributed by atoms with Crippen LogP contribution in [0.1, 0.15) is 84.9 Å². The fourth-order valence-electron chi connectivity index (χ4n) is 9.58. The van der Waals surface area contributed by atoms with Crippen LogP contribution in [-0.4, -0.2) is 162 Å². The first kappa shape index (κ1) is 52.0. The number of thioether (sulfide) groups is 1. The highest BCUT2D eigenvalue weighted by molar-refractivity contribution is 8.00. The van der Waals surface area contributed by atoms with Gasteiger partial charge in [-0.15, -0.1) is 11.8 Å². The molecule has 5 aliphatic rings. The van der Waals surface area contributed by atoms with Crippen molar-refractivity contribution in [2.24, 2.45) is 5.73 Å². The van der Waals surface area contributed by atoms with Gasteiger partial charge in [0, 0.05) is 63.1 Å². The van der Waals surface area contributed by atoms with E-state index >= 15 is 0 Å². The molecule has 5 atom stereocenters. The third-order valence-electron chi connectivity index (χ3n) is 12.9. The summed E-state index contributed by atoms with van der Waals surface area (Å²) in [5.41, 5.74) is 6.39. The Labute approximate surface area is 407 Å². The highest BCUT2D eigenvalue weighted by Crippen LogP contribution is 2.48. The molecule has 0 aliphatic carbocycles. The molecule has 69 heavy (non-hydrogen) atoms. The first-order valence-electron chi connectivity index (χ1n) is 22.9. The Morgan fingerprint density at radius 2 is 1.23 bits per heavy atom. The Balaban J connectivity index is 1.01. The molecule has 3 saturated heterocycles. The zero-order valence-electron chi connectivity index (χ0n) is 38.3. The van der Waals surface area contributed by atoms with Crippen LogP contribution < -0.4 is 35.3 Å². The number of carbonyl (C=O) groups excluding carboxylic acids is 5.